The molecule has 0 aromatic heterocycles. The first-order valence-corrected chi connectivity index (χ1v) is 8.94. The minimum Gasteiger partial charge on any atom is -0.508 e. The van der Waals surface area contributed by atoms with Gasteiger partial charge in [-0.05, 0) is 48.3 Å². The molecule has 1 aromatic carbocycles. The summed E-state index contributed by atoms with van der Waals surface area (Å²) in [5, 5.41) is 29.6. The summed E-state index contributed by atoms with van der Waals surface area (Å²) in [6.07, 6.45) is 3.09. The first-order valence-electron chi connectivity index (χ1n) is 7.37. The number of allylic oxidation sites excluding steroid dienone is 2. The molecular weight excluding hydrogens is 333 g/mol. The van der Waals surface area contributed by atoms with Crippen LogP contribution in [0.3, 0.4) is 0 Å². The van der Waals surface area contributed by atoms with Crippen LogP contribution in [-0.4, -0.2) is 36.9 Å². The minimum absolute atomic E-state index is 0.0109. The summed E-state index contributed by atoms with van der Waals surface area (Å²) in [7, 11) is -4.65. The molecule has 5 N–H and O–H groups in total. The summed E-state index contributed by atoms with van der Waals surface area (Å²) in [6, 6.07) is 6.65. The number of aromatic hydroxyl groups is 1. The van der Waals surface area contributed by atoms with Crippen molar-refractivity contribution in [3.05, 3.63) is 53.8 Å². The number of phenolic OH excluding ortho intramolecular Hbond substituents is 1. The zero-order chi connectivity index (χ0) is 17.9. The zero-order valence-corrected chi connectivity index (χ0v) is 13.9. The van der Waals surface area contributed by atoms with Crippen LogP contribution in [0.25, 0.3) is 0 Å². The van der Waals surface area contributed by atoms with Gasteiger partial charge in [-0.2, -0.15) is 4.76 Å². The zero-order valence-electron chi connectivity index (χ0n) is 13.0. The molecule has 24 heavy (non-hydrogen) atoms. The molecule has 0 aliphatic heterocycles. The first kappa shape index (κ1) is 18.4. The average molecular weight is 353 g/mol. The van der Waals surface area contributed by atoms with E-state index in [0.717, 1.165) is 5.56 Å². The van der Waals surface area contributed by atoms with Gasteiger partial charge in [-0.1, -0.05) is 19.1 Å². The molecule has 1 aromatic rings. The van der Waals surface area contributed by atoms with Crippen LogP contribution >= 0.6 is 7.75 Å². The molecule has 1 aliphatic rings. The van der Waals surface area contributed by atoms with Crippen LogP contribution in [-0.2, 0) is 4.57 Å². The maximum atomic E-state index is 11.1. The molecule has 2 rings (SSSR count). The fourth-order valence-electron chi connectivity index (χ4n) is 2.64. The summed E-state index contributed by atoms with van der Waals surface area (Å²) in [5.41, 5.74) is 0.832. The van der Waals surface area contributed by atoms with E-state index < -0.39 is 19.8 Å². The lowest BCUT2D eigenvalue weighted by Crippen LogP contribution is -2.29. The van der Waals surface area contributed by atoms with E-state index in [4.69, 9.17) is 9.79 Å². The molecule has 0 saturated heterocycles. The van der Waals surface area contributed by atoms with Crippen molar-refractivity contribution in [1.29, 1.82) is 0 Å². The van der Waals surface area contributed by atoms with Crippen LogP contribution in [0.1, 0.15) is 24.8 Å². The number of rotatable bonds is 5. The van der Waals surface area contributed by atoms with Crippen molar-refractivity contribution < 1.29 is 29.7 Å². The lowest BCUT2D eigenvalue weighted by molar-refractivity contribution is 0.137. The molecule has 8 heteroatoms. The van der Waals surface area contributed by atoms with Gasteiger partial charge in [0.25, 0.3) is 0 Å². The summed E-state index contributed by atoms with van der Waals surface area (Å²) in [6.45, 7) is 1.86. The molecule has 0 fully saturated rings. The third-order valence-corrected chi connectivity index (χ3v) is 4.30. The van der Waals surface area contributed by atoms with E-state index in [1.54, 1.807) is 18.2 Å². The topological polar surface area (TPSA) is 131 Å². The van der Waals surface area contributed by atoms with Crippen LogP contribution < -0.4 is 0 Å². The van der Waals surface area contributed by atoms with Crippen molar-refractivity contribution in [2.24, 2.45) is 10.7 Å². The van der Waals surface area contributed by atoms with Crippen LogP contribution in [0, 0.1) is 5.92 Å². The number of hydrogen-bond acceptors (Lipinski definition) is 4. The Hall–Kier alpha value is -1.92. The van der Waals surface area contributed by atoms with E-state index in [9.17, 15) is 19.9 Å². The molecule has 1 aliphatic carbocycles. The smallest absolute Gasteiger partial charge is 0.448 e. The second-order valence-electron chi connectivity index (χ2n) is 5.79. The number of hydrogen-bond donors (Lipinski definition) is 5. The second kappa shape index (κ2) is 7.32. The van der Waals surface area contributed by atoms with Gasteiger partial charge < -0.3 is 25.1 Å². The number of benzene rings is 1. The normalized spacial score (nSPS) is 22.2. The van der Waals surface area contributed by atoms with Gasteiger partial charge in [-0.3, -0.25) is 0 Å². The lowest BCUT2D eigenvalue weighted by Gasteiger charge is -2.25. The lowest BCUT2D eigenvalue weighted by atomic mass is 9.85. The Morgan fingerprint density at radius 2 is 1.96 bits per heavy atom. The maximum Gasteiger partial charge on any atom is 0.448 e. The monoisotopic (exact) mass is 353 g/mol. The standard InChI is InChI=1S/C16H20NO6P/c1-10(11-3-2-4-12(18)8-11)7-16(20)14-9-13(19)5-6-15(14)17-24(21,22)23/h2-6,8-10,14,16,18-20H,7H2,1H3,(H2,21,22,23)/b17-15+. The molecular formula is C16H20NO6P. The molecule has 0 amide bonds. The Labute approximate surface area is 139 Å². The summed E-state index contributed by atoms with van der Waals surface area (Å²) in [4.78, 5) is 18.0. The minimum atomic E-state index is -4.65. The van der Waals surface area contributed by atoms with E-state index in [-0.39, 0.29) is 29.6 Å². The Morgan fingerprint density at radius 3 is 2.58 bits per heavy atom. The van der Waals surface area contributed by atoms with Crippen molar-refractivity contribution >= 4 is 13.5 Å². The molecule has 7 nitrogen and oxygen atoms in total. The van der Waals surface area contributed by atoms with Crippen molar-refractivity contribution in [1.82, 2.24) is 0 Å². The Kier molecular flexibility index (Phi) is 5.62. The van der Waals surface area contributed by atoms with Crippen molar-refractivity contribution in [2.75, 3.05) is 0 Å². The Bertz CT molecular complexity index is 736. The van der Waals surface area contributed by atoms with E-state index in [0.29, 0.717) is 0 Å². The predicted molar refractivity (Wildman–Crippen MR) is 90.0 cm³/mol. The van der Waals surface area contributed by atoms with Crippen LogP contribution in [0.15, 0.2) is 53.0 Å². The third-order valence-electron chi connectivity index (χ3n) is 3.81. The van der Waals surface area contributed by atoms with E-state index in [1.165, 1.54) is 18.2 Å². The SMILES string of the molecule is CC(CC(O)C1C=C(O)C=C/C1=N\P(=O)(O)O)c1cccc(O)c1. The Morgan fingerprint density at radius 1 is 1.25 bits per heavy atom. The number of aliphatic hydroxyl groups excluding tert-OH is 2. The highest BCUT2D eigenvalue weighted by Crippen LogP contribution is 2.39. The highest BCUT2D eigenvalue weighted by atomic mass is 31.2. The van der Waals surface area contributed by atoms with E-state index >= 15 is 0 Å². The van der Waals surface area contributed by atoms with E-state index in [1.807, 2.05) is 13.0 Å². The average Bonchev–Trinajstić information content (AvgIpc) is 2.47. The van der Waals surface area contributed by atoms with Gasteiger partial charge in [0, 0.05) is 5.92 Å². The summed E-state index contributed by atoms with van der Waals surface area (Å²) in [5.74, 6) is -0.934. The van der Waals surface area contributed by atoms with Gasteiger partial charge in [0.05, 0.1) is 11.8 Å². The predicted octanol–water partition coefficient (Wildman–Crippen LogP) is 2.41. The van der Waals surface area contributed by atoms with Gasteiger partial charge in [-0.15, -0.1) is 0 Å². The quantitative estimate of drug-likeness (QED) is 0.517. The van der Waals surface area contributed by atoms with Gasteiger partial charge in [-0.25, -0.2) is 4.57 Å². The molecule has 0 bridgehead atoms. The molecule has 130 valence electrons. The first-order chi connectivity index (χ1) is 11.2. The van der Waals surface area contributed by atoms with Crippen molar-refractivity contribution in [3.63, 3.8) is 0 Å². The highest BCUT2D eigenvalue weighted by molar-refractivity contribution is 7.50. The van der Waals surface area contributed by atoms with Gasteiger partial charge >= 0.3 is 7.75 Å². The van der Waals surface area contributed by atoms with Gasteiger partial charge in [0.2, 0.25) is 0 Å². The largest absolute Gasteiger partial charge is 0.508 e. The molecule has 0 radical (unpaired) electrons. The fourth-order valence-corrected chi connectivity index (χ4v) is 3.14. The van der Waals surface area contributed by atoms with Crippen molar-refractivity contribution in [2.45, 2.75) is 25.4 Å². The van der Waals surface area contributed by atoms with Gasteiger partial charge in [0.15, 0.2) is 0 Å². The molecule has 3 atom stereocenters. The Balaban J connectivity index is 2.19. The fraction of sp³-hybridized carbons (Fsp3) is 0.312. The van der Waals surface area contributed by atoms with Crippen LogP contribution in [0.4, 0.5) is 0 Å². The molecule has 0 spiro atoms. The molecule has 3 unspecified atom stereocenters. The molecule has 0 saturated carbocycles. The second-order valence-corrected chi connectivity index (χ2v) is 7.01. The molecule has 0 heterocycles. The van der Waals surface area contributed by atoms with Gasteiger partial charge in [0.1, 0.15) is 11.5 Å². The summed E-state index contributed by atoms with van der Waals surface area (Å²) >= 11 is 0. The highest BCUT2D eigenvalue weighted by Gasteiger charge is 2.28. The van der Waals surface area contributed by atoms with Crippen molar-refractivity contribution in [3.8, 4) is 5.75 Å². The van der Waals surface area contributed by atoms with Crippen LogP contribution in [0.5, 0.6) is 5.75 Å². The number of phenols is 1. The van der Waals surface area contributed by atoms with Crippen LogP contribution in [0.2, 0.25) is 0 Å². The third kappa shape index (κ3) is 5.04. The van der Waals surface area contributed by atoms with E-state index in [2.05, 4.69) is 4.76 Å². The number of nitrogens with zero attached hydrogens (tertiary/aromatic N) is 1. The summed E-state index contributed by atoms with van der Waals surface area (Å²) < 4.78 is 14.5. The number of aliphatic hydroxyl groups is 2. The maximum absolute atomic E-state index is 11.1.